The summed E-state index contributed by atoms with van der Waals surface area (Å²) >= 11 is 0. The highest BCUT2D eigenvalue weighted by Crippen LogP contribution is 2.34. The summed E-state index contributed by atoms with van der Waals surface area (Å²) in [5.41, 5.74) is 1.43. The number of carbonyl (C=O) groups is 3. The van der Waals surface area contributed by atoms with Crippen LogP contribution in [0.15, 0.2) is 54.6 Å². The first kappa shape index (κ1) is 20.9. The number of benzene rings is 2. The molecule has 1 heterocycles. The van der Waals surface area contributed by atoms with E-state index in [1.807, 2.05) is 54.6 Å². The van der Waals surface area contributed by atoms with Crippen LogP contribution >= 0.6 is 0 Å². The molecule has 2 fully saturated rings. The maximum absolute atomic E-state index is 12.5. The van der Waals surface area contributed by atoms with Crippen molar-refractivity contribution < 1.29 is 19.1 Å². The Bertz CT molecular complexity index is 935. The number of amides is 4. The number of rotatable bonds is 7. The number of imide groups is 1. The van der Waals surface area contributed by atoms with Crippen LogP contribution in [0.5, 0.6) is 5.75 Å². The highest BCUT2D eigenvalue weighted by Gasteiger charge is 2.48. The minimum atomic E-state index is -0.821. The Morgan fingerprint density at radius 1 is 1.00 bits per heavy atom. The van der Waals surface area contributed by atoms with Gasteiger partial charge in [0.2, 0.25) is 5.91 Å². The van der Waals surface area contributed by atoms with Gasteiger partial charge in [-0.3, -0.25) is 14.9 Å². The molecule has 0 unspecified atom stereocenters. The van der Waals surface area contributed by atoms with Crippen molar-refractivity contribution >= 4 is 17.8 Å². The van der Waals surface area contributed by atoms with E-state index in [1.165, 1.54) is 0 Å². The molecule has 1 aliphatic carbocycles. The van der Waals surface area contributed by atoms with Gasteiger partial charge in [0.25, 0.3) is 5.91 Å². The molecular formula is C24H27N3O4. The van der Waals surface area contributed by atoms with Crippen LogP contribution in [0.3, 0.4) is 0 Å². The van der Waals surface area contributed by atoms with Gasteiger partial charge >= 0.3 is 6.03 Å². The second-order valence-corrected chi connectivity index (χ2v) is 8.22. The zero-order valence-electron chi connectivity index (χ0n) is 17.4. The molecule has 1 saturated heterocycles. The van der Waals surface area contributed by atoms with E-state index in [4.69, 9.17) is 4.74 Å². The largest absolute Gasteiger partial charge is 0.489 e. The maximum atomic E-state index is 12.5. The van der Waals surface area contributed by atoms with Crippen LogP contribution in [0.2, 0.25) is 0 Å². The number of carbonyl (C=O) groups excluding carboxylic acids is 3. The van der Waals surface area contributed by atoms with Gasteiger partial charge in [-0.05, 0) is 55.4 Å². The molecule has 2 aromatic rings. The lowest BCUT2D eigenvalue weighted by Crippen LogP contribution is -2.50. The lowest BCUT2D eigenvalue weighted by Gasteiger charge is -2.33. The summed E-state index contributed by atoms with van der Waals surface area (Å²) in [6.45, 7) is 1.09. The van der Waals surface area contributed by atoms with Gasteiger partial charge in [-0.2, -0.15) is 0 Å². The molecule has 0 atom stereocenters. The predicted octanol–water partition coefficient (Wildman–Crippen LogP) is 2.69. The van der Waals surface area contributed by atoms with Gasteiger partial charge in [0.1, 0.15) is 17.9 Å². The molecule has 1 spiro atoms. The number of hydrogen-bond acceptors (Lipinski definition) is 4. The first-order chi connectivity index (χ1) is 15.0. The zero-order chi connectivity index (χ0) is 21.7. The number of hydrogen-bond donors (Lipinski definition) is 3. The molecule has 7 heteroatoms. The Morgan fingerprint density at radius 3 is 2.35 bits per heavy atom. The van der Waals surface area contributed by atoms with Crippen molar-refractivity contribution in [2.24, 2.45) is 5.92 Å². The summed E-state index contributed by atoms with van der Waals surface area (Å²) in [5.74, 6) is 0.440. The van der Waals surface area contributed by atoms with Crippen molar-refractivity contribution in [1.29, 1.82) is 0 Å². The highest BCUT2D eigenvalue weighted by molar-refractivity contribution is 6.07. The van der Waals surface area contributed by atoms with Crippen molar-refractivity contribution in [3.63, 3.8) is 0 Å². The molecule has 2 aromatic carbocycles. The fraction of sp³-hybridized carbons (Fsp3) is 0.375. The number of urea groups is 1. The Hall–Kier alpha value is -3.35. The van der Waals surface area contributed by atoms with Crippen LogP contribution in [0.4, 0.5) is 4.79 Å². The van der Waals surface area contributed by atoms with E-state index < -0.39 is 11.6 Å². The van der Waals surface area contributed by atoms with Crippen molar-refractivity contribution in [2.45, 2.75) is 44.2 Å². The van der Waals surface area contributed by atoms with Crippen molar-refractivity contribution in [3.05, 3.63) is 65.7 Å². The molecular weight excluding hydrogens is 394 g/mol. The van der Waals surface area contributed by atoms with Gasteiger partial charge in [0.05, 0.1) is 0 Å². The fourth-order valence-electron chi connectivity index (χ4n) is 4.22. The predicted molar refractivity (Wildman–Crippen MR) is 115 cm³/mol. The Balaban J connectivity index is 1.18. The van der Waals surface area contributed by atoms with Gasteiger partial charge in [-0.25, -0.2) is 4.79 Å². The second kappa shape index (κ2) is 9.20. The Labute approximate surface area is 181 Å². The molecule has 162 valence electrons. The zero-order valence-corrected chi connectivity index (χ0v) is 17.4. The molecule has 4 rings (SSSR count). The third kappa shape index (κ3) is 5.05. The van der Waals surface area contributed by atoms with Crippen LogP contribution < -0.4 is 20.7 Å². The van der Waals surface area contributed by atoms with E-state index in [9.17, 15) is 14.4 Å². The summed E-state index contributed by atoms with van der Waals surface area (Å²) in [4.78, 5) is 35.9. The van der Waals surface area contributed by atoms with Crippen LogP contribution in [0.25, 0.3) is 0 Å². The number of ether oxygens (including phenoxy) is 1. The molecule has 1 saturated carbocycles. The van der Waals surface area contributed by atoms with Gasteiger partial charge < -0.3 is 15.4 Å². The van der Waals surface area contributed by atoms with Crippen LogP contribution in [0, 0.1) is 5.92 Å². The average Bonchev–Trinajstić information content (AvgIpc) is 3.06. The smallest absolute Gasteiger partial charge is 0.322 e. The van der Waals surface area contributed by atoms with E-state index in [0.29, 0.717) is 38.8 Å². The van der Waals surface area contributed by atoms with E-state index in [1.54, 1.807) is 0 Å². The highest BCUT2D eigenvalue weighted by atomic mass is 16.5. The van der Waals surface area contributed by atoms with Crippen molar-refractivity contribution in [3.8, 4) is 5.75 Å². The first-order valence-electron chi connectivity index (χ1n) is 10.7. The van der Waals surface area contributed by atoms with Gasteiger partial charge in [0.15, 0.2) is 0 Å². The molecule has 0 aromatic heterocycles. The molecule has 2 aliphatic rings. The monoisotopic (exact) mass is 421 g/mol. The lowest BCUT2D eigenvalue weighted by atomic mass is 9.76. The lowest BCUT2D eigenvalue weighted by molar-refractivity contribution is -0.130. The molecule has 0 radical (unpaired) electrons. The molecule has 3 N–H and O–H groups in total. The second-order valence-electron chi connectivity index (χ2n) is 8.22. The van der Waals surface area contributed by atoms with Crippen molar-refractivity contribution in [1.82, 2.24) is 16.0 Å². The van der Waals surface area contributed by atoms with Crippen LogP contribution in [-0.2, 0) is 22.6 Å². The number of nitrogens with one attached hydrogen (secondary N) is 3. The van der Waals surface area contributed by atoms with Crippen LogP contribution in [0.1, 0.15) is 36.8 Å². The average molecular weight is 421 g/mol. The summed E-state index contributed by atoms with van der Waals surface area (Å²) in [5, 5.41) is 8.02. The third-order valence-electron chi connectivity index (χ3n) is 6.11. The summed E-state index contributed by atoms with van der Waals surface area (Å²) < 4.78 is 5.80. The van der Waals surface area contributed by atoms with Crippen LogP contribution in [-0.4, -0.2) is 29.9 Å². The fourth-order valence-corrected chi connectivity index (χ4v) is 4.22. The molecule has 0 bridgehead atoms. The van der Waals surface area contributed by atoms with E-state index in [0.717, 1.165) is 23.3 Å². The standard InChI is InChI=1S/C24H27N3O4/c28-21(19-10-13-24(14-11-19)22(29)26-23(30)27-24)25-15-12-17-6-8-20(9-7-17)31-16-18-4-2-1-3-5-18/h1-9,19H,10-16H2,(H,25,28)(H2,26,27,29,30). The van der Waals surface area contributed by atoms with Gasteiger partial charge in [0, 0.05) is 12.5 Å². The van der Waals surface area contributed by atoms with E-state index in [-0.39, 0.29) is 17.7 Å². The SMILES string of the molecule is O=C1NC(=O)C2(CCC(C(=O)NCCc3ccc(OCc4ccccc4)cc3)CC2)N1. The van der Waals surface area contributed by atoms with E-state index in [2.05, 4.69) is 16.0 Å². The summed E-state index contributed by atoms with van der Waals surface area (Å²) in [6.07, 6.45) is 2.90. The quantitative estimate of drug-likeness (QED) is 0.599. The molecule has 1 aliphatic heterocycles. The topological polar surface area (TPSA) is 96.5 Å². The van der Waals surface area contributed by atoms with Gasteiger partial charge in [-0.1, -0.05) is 42.5 Å². The Kier molecular flexibility index (Phi) is 6.21. The van der Waals surface area contributed by atoms with Gasteiger partial charge in [-0.15, -0.1) is 0 Å². The normalized spacial score (nSPS) is 22.6. The first-order valence-corrected chi connectivity index (χ1v) is 10.7. The third-order valence-corrected chi connectivity index (χ3v) is 6.11. The molecule has 31 heavy (non-hydrogen) atoms. The summed E-state index contributed by atoms with van der Waals surface area (Å²) in [6, 6.07) is 17.5. The van der Waals surface area contributed by atoms with Crippen molar-refractivity contribution in [2.75, 3.05) is 6.54 Å². The van der Waals surface area contributed by atoms with E-state index >= 15 is 0 Å². The minimum Gasteiger partial charge on any atom is -0.489 e. The Morgan fingerprint density at radius 2 is 1.71 bits per heavy atom. The minimum absolute atomic E-state index is 0.0161. The molecule has 4 amide bonds. The summed E-state index contributed by atoms with van der Waals surface area (Å²) in [7, 11) is 0. The maximum Gasteiger partial charge on any atom is 0.322 e. The molecule has 7 nitrogen and oxygen atoms in total.